The van der Waals surface area contributed by atoms with E-state index in [4.69, 9.17) is 0 Å². The molecule has 0 radical (unpaired) electrons. The Kier molecular flexibility index (Phi) is 3.72. The van der Waals surface area contributed by atoms with Crippen LogP contribution in [0, 0.1) is 18.7 Å². The van der Waals surface area contributed by atoms with Crippen LogP contribution in [0.25, 0.3) is 22.0 Å². The summed E-state index contributed by atoms with van der Waals surface area (Å²) in [5.74, 6) is -0.0272. The number of aromatic nitrogens is 1. The van der Waals surface area contributed by atoms with E-state index < -0.39 is 0 Å². The molecule has 0 bridgehead atoms. The Hall–Kier alpha value is -2.07. The zero-order valence-corrected chi connectivity index (χ0v) is 14.7. The Balaban J connectivity index is 2.08. The summed E-state index contributed by atoms with van der Waals surface area (Å²) in [6.07, 6.45) is 1.88. The van der Waals surface area contributed by atoms with Gasteiger partial charge in [0.15, 0.2) is 5.78 Å². The Labute approximate surface area is 147 Å². The summed E-state index contributed by atoms with van der Waals surface area (Å²) >= 11 is 3.50. The number of fused-ring (bicyclic) bond motifs is 1. The van der Waals surface area contributed by atoms with Gasteiger partial charge in [0.1, 0.15) is 5.82 Å². The predicted molar refractivity (Wildman–Crippen MR) is 96.6 cm³/mol. The Morgan fingerprint density at radius 1 is 1.17 bits per heavy atom. The first kappa shape index (κ1) is 15.5. The zero-order valence-electron chi connectivity index (χ0n) is 13.1. The van der Waals surface area contributed by atoms with Crippen molar-refractivity contribution < 1.29 is 9.18 Å². The molecule has 0 N–H and O–H groups in total. The molecule has 0 spiro atoms. The van der Waals surface area contributed by atoms with Crippen LogP contribution in [0.3, 0.4) is 0 Å². The molecule has 2 aromatic carbocycles. The van der Waals surface area contributed by atoms with Crippen molar-refractivity contribution in [1.29, 1.82) is 0 Å². The fourth-order valence-corrected chi connectivity index (χ4v) is 3.49. The van der Waals surface area contributed by atoms with Gasteiger partial charge in [0.2, 0.25) is 0 Å². The maximum Gasteiger partial charge on any atom is 0.168 e. The third-order valence-electron chi connectivity index (χ3n) is 4.46. The minimum absolute atomic E-state index is 0.106. The molecule has 1 aromatic heterocycles. The number of benzene rings is 2. The number of carbonyl (C=O) groups excluding carboxylic acids is 1. The topological polar surface area (TPSA) is 30.0 Å². The van der Waals surface area contributed by atoms with Crippen molar-refractivity contribution in [3.05, 3.63) is 64.0 Å². The van der Waals surface area contributed by atoms with Crippen molar-refractivity contribution in [3.8, 4) is 11.1 Å². The molecule has 24 heavy (non-hydrogen) atoms. The molecule has 1 aliphatic carbocycles. The van der Waals surface area contributed by atoms with E-state index in [1.807, 2.05) is 25.1 Å². The lowest BCUT2D eigenvalue weighted by Gasteiger charge is -2.15. The summed E-state index contributed by atoms with van der Waals surface area (Å²) in [6, 6.07) is 12.2. The molecular weight excluding hydrogens is 369 g/mol. The van der Waals surface area contributed by atoms with Gasteiger partial charge in [-0.05, 0) is 55.7 Å². The number of Topliss-reactive ketones (excluding diaryl/α,β-unsaturated/α-hetero) is 1. The van der Waals surface area contributed by atoms with Crippen molar-refractivity contribution >= 4 is 32.6 Å². The summed E-state index contributed by atoms with van der Waals surface area (Å²) in [5, 5.41) is 0.908. The SMILES string of the molecule is Cc1nc2ccc(Br)cc2c(-c2ccc(F)cc2)c1C(=O)C1CC1. The van der Waals surface area contributed by atoms with Crippen molar-refractivity contribution in [2.75, 3.05) is 0 Å². The molecule has 1 heterocycles. The van der Waals surface area contributed by atoms with Crippen LogP contribution in [0.4, 0.5) is 4.39 Å². The summed E-state index contributed by atoms with van der Waals surface area (Å²) < 4.78 is 14.3. The van der Waals surface area contributed by atoms with E-state index in [0.717, 1.165) is 45.0 Å². The molecule has 2 nitrogen and oxygen atoms in total. The summed E-state index contributed by atoms with van der Waals surface area (Å²) in [4.78, 5) is 17.5. The molecule has 0 atom stereocenters. The maximum atomic E-state index is 13.4. The van der Waals surface area contributed by atoms with Gasteiger partial charge in [0.05, 0.1) is 5.52 Å². The van der Waals surface area contributed by atoms with E-state index in [-0.39, 0.29) is 17.5 Å². The van der Waals surface area contributed by atoms with E-state index in [1.165, 1.54) is 12.1 Å². The van der Waals surface area contributed by atoms with Crippen molar-refractivity contribution in [2.24, 2.45) is 5.92 Å². The second-order valence-electron chi connectivity index (χ2n) is 6.25. The lowest BCUT2D eigenvalue weighted by Crippen LogP contribution is -2.09. The number of hydrogen-bond acceptors (Lipinski definition) is 2. The summed E-state index contributed by atoms with van der Waals surface area (Å²) in [7, 11) is 0. The van der Waals surface area contributed by atoms with Crippen LogP contribution in [0.5, 0.6) is 0 Å². The smallest absolute Gasteiger partial charge is 0.168 e. The Morgan fingerprint density at radius 2 is 1.88 bits per heavy atom. The van der Waals surface area contributed by atoms with Gasteiger partial charge in [0.25, 0.3) is 0 Å². The monoisotopic (exact) mass is 383 g/mol. The van der Waals surface area contributed by atoms with Crippen LogP contribution in [0.1, 0.15) is 28.9 Å². The first-order valence-corrected chi connectivity index (χ1v) is 8.74. The van der Waals surface area contributed by atoms with Crippen LogP contribution >= 0.6 is 15.9 Å². The molecule has 1 saturated carbocycles. The fraction of sp³-hybridized carbons (Fsp3) is 0.200. The van der Waals surface area contributed by atoms with Gasteiger partial charge in [-0.1, -0.05) is 28.1 Å². The number of pyridine rings is 1. The van der Waals surface area contributed by atoms with E-state index in [1.54, 1.807) is 12.1 Å². The standard InChI is InChI=1S/C20H15BrFNO/c1-11-18(20(24)13-2-3-13)19(12-4-7-15(22)8-5-12)16-10-14(21)6-9-17(16)23-11/h4-10,13H,2-3H2,1H3. The molecule has 4 rings (SSSR count). The van der Waals surface area contributed by atoms with Gasteiger partial charge < -0.3 is 0 Å². The minimum Gasteiger partial charge on any atom is -0.294 e. The number of carbonyl (C=O) groups is 1. The van der Waals surface area contributed by atoms with Gasteiger partial charge in [-0.25, -0.2) is 4.39 Å². The number of hydrogen-bond donors (Lipinski definition) is 0. The highest BCUT2D eigenvalue weighted by Gasteiger charge is 2.34. The number of ketones is 1. The second kappa shape index (κ2) is 5.78. The predicted octanol–water partition coefficient (Wildman–Crippen LogP) is 5.70. The highest BCUT2D eigenvalue weighted by Crippen LogP contribution is 2.40. The quantitative estimate of drug-likeness (QED) is 0.542. The lowest BCUT2D eigenvalue weighted by atomic mass is 9.91. The zero-order chi connectivity index (χ0) is 16.8. The van der Waals surface area contributed by atoms with Crippen molar-refractivity contribution in [2.45, 2.75) is 19.8 Å². The van der Waals surface area contributed by atoms with Crippen molar-refractivity contribution in [1.82, 2.24) is 4.98 Å². The molecule has 120 valence electrons. The fourth-order valence-electron chi connectivity index (χ4n) is 3.13. The number of aryl methyl sites for hydroxylation is 1. The van der Waals surface area contributed by atoms with Crippen LogP contribution in [0.2, 0.25) is 0 Å². The third-order valence-corrected chi connectivity index (χ3v) is 4.95. The Bertz CT molecular complexity index is 962. The molecule has 0 aliphatic heterocycles. The van der Waals surface area contributed by atoms with Crippen LogP contribution in [-0.4, -0.2) is 10.8 Å². The van der Waals surface area contributed by atoms with E-state index in [0.29, 0.717) is 5.56 Å². The third kappa shape index (κ3) is 2.65. The molecule has 3 aromatic rings. The summed E-state index contributed by atoms with van der Waals surface area (Å²) in [6.45, 7) is 1.88. The second-order valence-corrected chi connectivity index (χ2v) is 7.17. The van der Waals surface area contributed by atoms with Crippen LogP contribution in [0.15, 0.2) is 46.9 Å². The largest absolute Gasteiger partial charge is 0.294 e. The molecule has 0 amide bonds. The van der Waals surface area contributed by atoms with Gasteiger partial charge in [0, 0.05) is 32.6 Å². The van der Waals surface area contributed by atoms with Gasteiger partial charge in [-0.2, -0.15) is 0 Å². The molecule has 0 unspecified atom stereocenters. The van der Waals surface area contributed by atoms with Crippen LogP contribution in [-0.2, 0) is 0 Å². The average molecular weight is 384 g/mol. The first-order valence-electron chi connectivity index (χ1n) is 7.94. The minimum atomic E-state index is -0.287. The Morgan fingerprint density at radius 3 is 2.54 bits per heavy atom. The molecule has 1 fully saturated rings. The number of nitrogens with zero attached hydrogens (tertiary/aromatic N) is 1. The number of halogens is 2. The van der Waals surface area contributed by atoms with Gasteiger partial charge >= 0.3 is 0 Å². The van der Waals surface area contributed by atoms with Gasteiger partial charge in [-0.3, -0.25) is 9.78 Å². The van der Waals surface area contributed by atoms with Gasteiger partial charge in [-0.15, -0.1) is 0 Å². The number of rotatable bonds is 3. The summed E-state index contributed by atoms with van der Waals surface area (Å²) in [5.41, 5.74) is 3.95. The van der Waals surface area contributed by atoms with Crippen molar-refractivity contribution in [3.63, 3.8) is 0 Å². The maximum absolute atomic E-state index is 13.4. The molecule has 1 aliphatic rings. The van der Waals surface area contributed by atoms with E-state index >= 15 is 0 Å². The average Bonchev–Trinajstić information content (AvgIpc) is 3.39. The van der Waals surface area contributed by atoms with Crippen LogP contribution < -0.4 is 0 Å². The normalized spacial score (nSPS) is 14.1. The molecular formula is C20H15BrFNO. The highest BCUT2D eigenvalue weighted by molar-refractivity contribution is 9.10. The van der Waals surface area contributed by atoms with E-state index in [2.05, 4.69) is 20.9 Å². The lowest BCUT2D eigenvalue weighted by molar-refractivity contribution is 0.0967. The molecule has 0 saturated heterocycles. The highest BCUT2D eigenvalue weighted by atomic mass is 79.9. The van der Waals surface area contributed by atoms with E-state index in [9.17, 15) is 9.18 Å². The first-order chi connectivity index (χ1) is 11.5. The molecule has 4 heteroatoms.